The molecule has 25 heavy (non-hydrogen) atoms. The van der Waals surface area contributed by atoms with Gasteiger partial charge in [0.25, 0.3) is 5.91 Å². The van der Waals surface area contributed by atoms with E-state index < -0.39 is 5.91 Å². The Labute approximate surface area is 147 Å². The Morgan fingerprint density at radius 3 is 2.56 bits per heavy atom. The van der Waals surface area contributed by atoms with Crippen LogP contribution in [0.3, 0.4) is 0 Å². The van der Waals surface area contributed by atoms with Crippen LogP contribution in [-0.4, -0.2) is 32.1 Å². The van der Waals surface area contributed by atoms with Gasteiger partial charge < -0.3 is 25.5 Å². The van der Waals surface area contributed by atoms with Crippen molar-refractivity contribution in [3.63, 3.8) is 0 Å². The second-order valence-corrected chi connectivity index (χ2v) is 5.35. The van der Waals surface area contributed by atoms with Crippen molar-refractivity contribution < 1.29 is 13.9 Å². The van der Waals surface area contributed by atoms with Gasteiger partial charge >= 0.3 is 0 Å². The van der Waals surface area contributed by atoms with Crippen LogP contribution < -0.4 is 21.1 Å². The summed E-state index contributed by atoms with van der Waals surface area (Å²) in [5.41, 5.74) is 6.38. The Bertz CT molecular complexity index is 707. The number of guanidine groups is 1. The highest BCUT2D eigenvalue weighted by Gasteiger charge is 2.07. The van der Waals surface area contributed by atoms with Crippen molar-refractivity contribution in [1.82, 2.24) is 10.6 Å². The minimum absolute atomic E-state index is 0.141. The summed E-state index contributed by atoms with van der Waals surface area (Å²) in [6.45, 7) is 3.81. The maximum Gasteiger partial charge on any atom is 0.284 e. The van der Waals surface area contributed by atoms with Gasteiger partial charge in [0, 0.05) is 13.1 Å². The quantitative estimate of drug-likeness (QED) is 0.499. The van der Waals surface area contributed by atoms with Gasteiger partial charge in [0.15, 0.2) is 11.7 Å². The molecule has 7 nitrogen and oxygen atoms in total. The van der Waals surface area contributed by atoms with Crippen LogP contribution >= 0.6 is 0 Å². The molecule has 1 amide bonds. The van der Waals surface area contributed by atoms with E-state index in [1.165, 1.54) is 5.56 Å². The zero-order chi connectivity index (χ0) is 18.1. The molecule has 0 fully saturated rings. The SMILES string of the molecule is CCNC(=NCc1ccc(C(N)=O)o1)NCCc1ccc(OC)cc1. The normalized spacial score (nSPS) is 11.2. The average molecular weight is 344 g/mol. The maximum atomic E-state index is 11.0. The summed E-state index contributed by atoms with van der Waals surface area (Å²) in [5.74, 6) is 1.68. The lowest BCUT2D eigenvalue weighted by Crippen LogP contribution is -2.38. The molecule has 7 heteroatoms. The molecule has 1 aromatic heterocycles. The summed E-state index contributed by atoms with van der Waals surface area (Å²) < 4.78 is 10.5. The first kappa shape index (κ1) is 18.4. The first-order valence-electron chi connectivity index (χ1n) is 8.16. The lowest BCUT2D eigenvalue weighted by atomic mass is 10.1. The third-order valence-electron chi connectivity index (χ3n) is 3.51. The minimum Gasteiger partial charge on any atom is -0.497 e. The summed E-state index contributed by atoms with van der Waals surface area (Å²) in [5, 5.41) is 6.44. The van der Waals surface area contributed by atoms with Crippen molar-refractivity contribution in [2.75, 3.05) is 20.2 Å². The van der Waals surface area contributed by atoms with Crippen LogP contribution in [0.4, 0.5) is 0 Å². The molecule has 1 aromatic carbocycles. The smallest absolute Gasteiger partial charge is 0.284 e. The number of methoxy groups -OCH3 is 1. The lowest BCUT2D eigenvalue weighted by Gasteiger charge is -2.11. The predicted octanol–water partition coefficient (Wildman–Crippen LogP) is 1.68. The molecule has 0 aliphatic rings. The molecule has 0 saturated heterocycles. The Hall–Kier alpha value is -2.96. The van der Waals surface area contributed by atoms with Gasteiger partial charge in [-0.2, -0.15) is 0 Å². The van der Waals surface area contributed by atoms with E-state index in [0.717, 1.165) is 25.3 Å². The van der Waals surface area contributed by atoms with Gasteiger partial charge in [-0.05, 0) is 43.2 Å². The number of furan rings is 1. The standard InChI is InChI=1S/C18H24N4O3/c1-3-20-18(22-12-15-8-9-16(25-15)17(19)23)21-11-10-13-4-6-14(24-2)7-5-13/h4-9H,3,10-12H2,1-2H3,(H2,19,23)(H2,20,21,22). The van der Waals surface area contributed by atoms with Crippen molar-refractivity contribution >= 4 is 11.9 Å². The highest BCUT2D eigenvalue weighted by atomic mass is 16.5. The maximum absolute atomic E-state index is 11.0. The third kappa shape index (κ3) is 5.87. The molecule has 0 unspecified atom stereocenters. The summed E-state index contributed by atoms with van der Waals surface area (Å²) in [6.07, 6.45) is 0.862. The number of amides is 1. The van der Waals surface area contributed by atoms with Crippen LogP contribution in [0.2, 0.25) is 0 Å². The first-order chi connectivity index (χ1) is 12.1. The second kappa shape index (κ2) is 9.36. The molecular weight excluding hydrogens is 320 g/mol. The number of hydrogen-bond donors (Lipinski definition) is 3. The summed E-state index contributed by atoms with van der Waals surface area (Å²) in [7, 11) is 1.65. The highest BCUT2D eigenvalue weighted by molar-refractivity contribution is 5.89. The lowest BCUT2D eigenvalue weighted by molar-refractivity contribution is 0.0972. The first-order valence-corrected chi connectivity index (χ1v) is 8.16. The van der Waals surface area contributed by atoms with Gasteiger partial charge in [-0.25, -0.2) is 4.99 Å². The van der Waals surface area contributed by atoms with Crippen LogP contribution in [0.25, 0.3) is 0 Å². The topological polar surface area (TPSA) is 102 Å². The Balaban J connectivity index is 1.86. The number of nitrogens with zero attached hydrogens (tertiary/aromatic N) is 1. The molecule has 0 aliphatic carbocycles. The Kier molecular flexibility index (Phi) is 6.88. The van der Waals surface area contributed by atoms with Gasteiger partial charge in [0.05, 0.1) is 7.11 Å². The van der Waals surface area contributed by atoms with E-state index in [1.807, 2.05) is 31.2 Å². The predicted molar refractivity (Wildman–Crippen MR) is 96.7 cm³/mol. The van der Waals surface area contributed by atoms with Gasteiger partial charge in [0.2, 0.25) is 0 Å². The van der Waals surface area contributed by atoms with Gasteiger partial charge in [-0.15, -0.1) is 0 Å². The molecular formula is C18H24N4O3. The molecule has 4 N–H and O–H groups in total. The number of benzene rings is 1. The van der Waals surface area contributed by atoms with Crippen LogP contribution in [-0.2, 0) is 13.0 Å². The van der Waals surface area contributed by atoms with E-state index in [1.54, 1.807) is 19.2 Å². The molecule has 2 rings (SSSR count). The number of primary amides is 1. The van der Waals surface area contributed by atoms with E-state index in [-0.39, 0.29) is 5.76 Å². The van der Waals surface area contributed by atoms with Crippen molar-refractivity contribution in [3.8, 4) is 5.75 Å². The van der Waals surface area contributed by atoms with Gasteiger partial charge in [0.1, 0.15) is 18.1 Å². The molecule has 0 aliphatic heterocycles. The van der Waals surface area contributed by atoms with E-state index in [2.05, 4.69) is 15.6 Å². The zero-order valence-electron chi connectivity index (χ0n) is 14.5. The number of rotatable bonds is 8. The number of carbonyl (C=O) groups is 1. The number of nitrogens with one attached hydrogen (secondary N) is 2. The van der Waals surface area contributed by atoms with Crippen LogP contribution in [0, 0.1) is 0 Å². The fourth-order valence-corrected chi connectivity index (χ4v) is 2.21. The third-order valence-corrected chi connectivity index (χ3v) is 3.51. The van der Waals surface area contributed by atoms with E-state index in [9.17, 15) is 4.79 Å². The second-order valence-electron chi connectivity index (χ2n) is 5.35. The van der Waals surface area contributed by atoms with Crippen LogP contribution in [0.5, 0.6) is 5.75 Å². The van der Waals surface area contributed by atoms with Crippen LogP contribution in [0.15, 0.2) is 45.8 Å². The molecule has 0 saturated carbocycles. The monoisotopic (exact) mass is 344 g/mol. The van der Waals surface area contributed by atoms with Crippen molar-refractivity contribution in [3.05, 3.63) is 53.5 Å². The fraction of sp³-hybridized carbons (Fsp3) is 0.333. The minimum atomic E-state index is -0.584. The van der Waals surface area contributed by atoms with E-state index in [4.69, 9.17) is 14.9 Å². The molecule has 0 radical (unpaired) electrons. The van der Waals surface area contributed by atoms with Crippen molar-refractivity contribution in [2.45, 2.75) is 19.9 Å². The fourth-order valence-electron chi connectivity index (χ4n) is 2.21. The number of aliphatic imine (C=N–C) groups is 1. The molecule has 1 heterocycles. The number of carbonyl (C=O) groups excluding carboxylic acids is 1. The van der Waals surface area contributed by atoms with E-state index in [0.29, 0.717) is 18.3 Å². The number of nitrogens with two attached hydrogens (primary N) is 1. The average Bonchev–Trinajstić information content (AvgIpc) is 3.09. The van der Waals surface area contributed by atoms with Crippen molar-refractivity contribution in [2.24, 2.45) is 10.7 Å². The largest absolute Gasteiger partial charge is 0.497 e. The van der Waals surface area contributed by atoms with Crippen LogP contribution in [0.1, 0.15) is 28.8 Å². The summed E-state index contributed by atoms with van der Waals surface area (Å²) >= 11 is 0. The highest BCUT2D eigenvalue weighted by Crippen LogP contribution is 2.11. The van der Waals surface area contributed by atoms with Crippen molar-refractivity contribution in [1.29, 1.82) is 0 Å². The zero-order valence-corrected chi connectivity index (χ0v) is 14.5. The number of hydrogen-bond acceptors (Lipinski definition) is 4. The summed E-state index contributed by atoms with van der Waals surface area (Å²) in [6, 6.07) is 11.2. The Morgan fingerprint density at radius 1 is 1.20 bits per heavy atom. The molecule has 134 valence electrons. The van der Waals surface area contributed by atoms with Gasteiger partial charge in [-0.3, -0.25) is 4.79 Å². The molecule has 0 spiro atoms. The molecule has 2 aromatic rings. The summed E-state index contributed by atoms with van der Waals surface area (Å²) in [4.78, 5) is 15.5. The van der Waals surface area contributed by atoms with Gasteiger partial charge in [-0.1, -0.05) is 12.1 Å². The number of ether oxygens (including phenoxy) is 1. The molecule has 0 bridgehead atoms. The van der Waals surface area contributed by atoms with E-state index >= 15 is 0 Å². The molecule has 0 atom stereocenters. The Morgan fingerprint density at radius 2 is 1.96 bits per heavy atom.